The summed E-state index contributed by atoms with van der Waals surface area (Å²) in [5.74, 6) is -1.18. The van der Waals surface area contributed by atoms with Gasteiger partial charge in [0.2, 0.25) is 0 Å². The summed E-state index contributed by atoms with van der Waals surface area (Å²) in [6.07, 6.45) is 1.10. The van der Waals surface area contributed by atoms with Crippen LogP contribution in [-0.4, -0.2) is 43.6 Å². The Kier molecular flexibility index (Phi) is 5.71. The third-order valence-electron chi connectivity index (χ3n) is 2.56. The van der Waals surface area contributed by atoms with Gasteiger partial charge in [-0.15, -0.1) is 0 Å². The van der Waals surface area contributed by atoms with Gasteiger partial charge in [0.1, 0.15) is 9.84 Å². The van der Waals surface area contributed by atoms with Crippen LogP contribution >= 0.6 is 0 Å². The fourth-order valence-corrected chi connectivity index (χ4v) is 2.76. The molecule has 1 atom stereocenters. The molecule has 1 aromatic carbocycles. The molecule has 0 bridgehead atoms. The summed E-state index contributed by atoms with van der Waals surface area (Å²) in [4.78, 5) is 22.4. The standard InChI is InChI=1S/C13H18N2O5S/c1-9(8-21(2,19)20)15-13(18)14-7-10-4-3-5-11(6-10)12(16)17/h3-6,9H,7-8H2,1-2H3,(H,16,17)(H2,14,15,18). The Bertz CT molecular complexity index is 627. The second kappa shape index (κ2) is 7.07. The maximum absolute atomic E-state index is 11.6. The Balaban J connectivity index is 2.50. The number of urea groups is 1. The molecule has 3 N–H and O–H groups in total. The zero-order valence-electron chi connectivity index (χ0n) is 11.8. The summed E-state index contributed by atoms with van der Waals surface area (Å²) in [6, 6.07) is 5.18. The fourth-order valence-electron chi connectivity index (χ4n) is 1.77. The summed E-state index contributed by atoms with van der Waals surface area (Å²) < 4.78 is 22.2. The van der Waals surface area contributed by atoms with E-state index in [0.29, 0.717) is 5.56 Å². The molecule has 0 heterocycles. The maximum atomic E-state index is 11.6. The first-order valence-corrected chi connectivity index (χ1v) is 8.28. The minimum absolute atomic E-state index is 0.139. The Morgan fingerprint density at radius 1 is 1.33 bits per heavy atom. The van der Waals surface area contributed by atoms with Crippen LogP contribution in [0, 0.1) is 0 Å². The van der Waals surface area contributed by atoms with Gasteiger partial charge in [-0.25, -0.2) is 18.0 Å². The molecule has 0 spiro atoms. The van der Waals surface area contributed by atoms with E-state index in [0.717, 1.165) is 6.26 Å². The number of rotatable bonds is 6. The van der Waals surface area contributed by atoms with Crippen LogP contribution in [0.25, 0.3) is 0 Å². The molecule has 0 fully saturated rings. The lowest BCUT2D eigenvalue weighted by Gasteiger charge is -2.13. The van der Waals surface area contributed by atoms with E-state index in [4.69, 9.17) is 5.11 Å². The Hall–Kier alpha value is -2.09. The van der Waals surface area contributed by atoms with E-state index in [1.165, 1.54) is 12.1 Å². The van der Waals surface area contributed by atoms with E-state index in [2.05, 4.69) is 10.6 Å². The monoisotopic (exact) mass is 314 g/mol. The lowest BCUT2D eigenvalue weighted by atomic mass is 10.1. The van der Waals surface area contributed by atoms with E-state index in [1.54, 1.807) is 19.1 Å². The van der Waals surface area contributed by atoms with Gasteiger partial charge in [-0.05, 0) is 24.6 Å². The van der Waals surface area contributed by atoms with E-state index >= 15 is 0 Å². The number of hydrogen-bond acceptors (Lipinski definition) is 4. The van der Waals surface area contributed by atoms with Gasteiger partial charge in [0.15, 0.2) is 0 Å². The molecule has 0 aliphatic carbocycles. The molecule has 0 saturated heterocycles. The lowest BCUT2D eigenvalue weighted by molar-refractivity contribution is 0.0696. The first kappa shape index (κ1) is 17.0. The lowest BCUT2D eigenvalue weighted by Crippen LogP contribution is -2.43. The topological polar surface area (TPSA) is 113 Å². The Morgan fingerprint density at radius 3 is 2.57 bits per heavy atom. The summed E-state index contributed by atoms with van der Waals surface area (Å²) in [6.45, 7) is 1.74. The van der Waals surface area contributed by atoms with Crippen molar-refractivity contribution in [3.63, 3.8) is 0 Å². The molecule has 0 saturated carbocycles. The number of carbonyl (C=O) groups excluding carboxylic acids is 1. The Labute approximate surface area is 123 Å². The molecular formula is C13H18N2O5S. The molecule has 1 rings (SSSR count). The van der Waals surface area contributed by atoms with Gasteiger partial charge >= 0.3 is 12.0 Å². The molecule has 0 aromatic heterocycles. The van der Waals surface area contributed by atoms with Crippen molar-refractivity contribution in [1.82, 2.24) is 10.6 Å². The predicted molar refractivity (Wildman–Crippen MR) is 77.9 cm³/mol. The molecule has 8 heteroatoms. The average Bonchev–Trinajstić information content (AvgIpc) is 2.34. The van der Waals surface area contributed by atoms with E-state index in [1.807, 2.05) is 0 Å². The van der Waals surface area contributed by atoms with E-state index in [-0.39, 0.29) is 17.9 Å². The molecule has 0 aliphatic heterocycles. The molecule has 1 aromatic rings. The van der Waals surface area contributed by atoms with Crippen molar-refractivity contribution < 1.29 is 23.1 Å². The van der Waals surface area contributed by atoms with Crippen LogP contribution in [0.3, 0.4) is 0 Å². The normalized spacial score (nSPS) is 12.5. The van der Waals surface area contributed by atoms with Gasteiger partial charge in [-0.3, -0.25) is 0 Å². The maximum Gasteiger partial charge on any atom is 0.335 e. The highest BCUT2D eigenvalue weighted by Gasteiger charge is 2.13. The van der Waals surface area contributed by atoms with Crippen LogP contribution in [0.15, 0.2) is 24.3 Å². The SMILES string of the molecule is CC(CS(C)(=O)=O)NC(=O)NCc1cccc(C(=O)O)c1. The van der Waals surface area contributed by atoms with Crippen molar-refractivity contribution in [2.45, 2.75) is 19.5 Å². The zero-order valence-corrected chi connectivity index (χ0v) is 12.6. The number of benzene rings is 1. The minimum atomic E-state index is -3.16. The van der Waals surface area contributed by atoms with Crippen LogP contribution in [0.5, 0.6) is 0 Å². The molecule has 0 aliphatic rings. The van der Waals surface area contributed by atoms with E-state index in [9.17, 15) is 18.0 Å². The van der Waals surface area contributed by atoms with Crippen molar-refractivity contribution in [3.8, 4) is 0 Å². The van der Waals surface area contributed by atoms with Gasteiger partial charge in [0.05, 0.1) is 11.3 Å². The molecular weight excluding hydrogens is 296 g/mol. The van der Waals surface area contributed by atoms with Gasteiger partial charge in [-0.2, -0.15) is 0 Å². The average molecular weight is 314 g/mol. The number of nitrogens with one attached hydrogen (secondary N) is 2. The van der Waals surface area contributed by atoms with Crippen LogP contribution in [0.4, 0.5) is 4.79 Å². The summed E-state index contributed by atoms with van der Waals surface area (Å²) >= 11 is 0. The number of hydrogen-bond donors (Lipinski definition) is 3. The third kappa shape index (κ3) is 6.75. The molecule has 21 heavy (non-hydrogen) atoms. The van der Waals surface area contributed by atoms with Gasteiger partial charge in [-0.1, -0.05) is 12.1 Å². The van der Waals surface area contributed by atoms with Crippen molar-refractivity contribution in [2.24, 2.45) is 0 Å². The molecule has 2 amide bonds. The van der Waals surface area contributed by atoms with Crippen LogP contribution in [0.1, 0.15) is 22.8 Å². The van der Waals surface area contributed by atoms with Crippen LogP contribution in [-0.2, 0) is 16.4 Å². The number of amides is 2. The molecule has 7 nitrogen and oxygen atoms in total. The number of carboxylic acids is 1. The highest BCUT2D eigenvalue weighted by Crippen LogP contribution is 2.05. The van der Waals surface area contributed by atoms with Crippen molar-refractivity contribution in [1.29, 1.82) is 0 Å². The van der Waals surface area contributed by atoms with Crippen molar-refractivity contribution >= 4 is 21.8 Å². The van der Waals surface area contributed by atoms with E-state index < -0.39 is 27.9 Å². The quantitative estimate of drug-likeness (QED) is 0.712. The number of carboxylic acid groups (broad SMARTS) is 1. The van der Waals surface area contributed by atoms with Gasteiger partial charge in [0.25, 0.3) is 0 Å². The second-order valence-corrected chi connectivity index (χ2v) is 7.01. The number of carbonyl (C=O) groups is 2. The second-order valence-electron chi connectivity index (χ2n) is 4.83. The van der Waals surface area contributed by atoms with Gasteiger partial charge < -0.3 is 15.7 Å². The van der Waals surface area contributed by atoms with Crippen LogP contribution in [0.2, 0.25) is 0 Å². The highest BCUT2D eigenvalue weighted by atomic mass is 32.2. The van der Waals surface area contributed by atoms with Gasteiger partial charge in [0, 0.05) is 18.8 Å². The predicted octanol–water partition coefficient (Wildman–Crippen LogP) is 0.617. The van der Waals surface area contributed by atoms with Crippen molar-refractivity contribution in [2.75, 3.05) is 12.0 Å². The van der Waals surface area contributed by atoms with Crippen LogP contribution < -0.4 is 10.6 Å². The molecule has 1 unspecified atom stereocenters. The Morgan fingerprint density at radius 2 is 2.00 bits per heavy atom. The molecule has 116 valence electrons. The smallest absolute Gasteiger partial charge is 0.335 e. The molecule has 0 radical (unpaired) electrons. The third-order valence-corrected chi connectivity index (χ3v) is 3.66. The first-order chi connectivity index (χ1) is 9.67. The largest absolute Gasteiger partial charge is 0.478 e. The summed E-state index contributed by atoms with van der Waals surface area (Å²) in [7, 11) is -3.16. The van der Waals surface area contributed by atoms with Crippen molar-refractivity contribution in [3.05, 3.63) is 35.4 Å². The fraction of sp³-hybridized carbons (Fsp3) is 0.385. The minimum Gasteiger partial charge on any atom is -0.478 e. The summed E-state index contributed by atoms with van der Waals surface area (Å²) in [5, 5.41) is 13.9. The zero-order chi connectivity index (χ0) is 16.0. The summed E-state index contributed by atoms with van der Waals surface area (Å²) in [5.41, 5.74) is 0.779. The first-order valence-electron chi connectivity index (χ1n) is 6.21. The number of sulfone groups is 1. The highest BCUT2D eigenvalue weighted by molar-refractivity contribution is 7.90. The number of aromatic carboxylic acids is 1.